The Kier molecular flexibility index (Phi) is 5.72. The molecule has 0 saturated heterocycles. The van der Waals surface area contributed by atoms with E-state index < -0.39 is 15.2 Å². The molecule has 1 N–H and O–H groups in total. The van der Waals surface area contributed by atoms with Crippen LogP contribution in [-0.2, 0) is 9.84 Å². The molecular formula is C21H28FNOSi. The van der Waals surface area contributed by atoms with Gasteiger partial charge in [0.15, 0.2) is 0 Å². The van der Waals surface area contributed by atoms with Gasteiger partial charge in [0.25, 0.3) is 0 Å². The van der Waals surface area contributed by atoms with Gasteiger partial charge in [0.05, 0.1) is 6.73 Å². The van der Waals surface area contributed by atoms with E-state index in [1.807, 2.05) is 6.07 Å². The Morgan fingerprint density at radius 3 is 2.36 bits per heavy atom. The first-order valence-corrected chi connectivity index (χ1v) is 10.7. The van der Waals surface area contributed by atoms with Gasteiger partial charge < -0.3 is 4.43 Å². The summed E-state index contributed by atoms with van der Waals surface area (Å²) in [5.74, 6) is 0. The highest BCUT2D eigenvalue weighted by Crippen LogP contribution is 2.23. The number of hydrogen-bond acceptors (Lipinski definition) is 2. The van der Waals surface area contributed by atoms with E-state index in [2.05, 4.69) is 74.6 Å². The zero-order valence-corrected chi connectivity index (χ0v) is 16.5. The summed E-state index contributed by atoms with van der Waals surface area (Å²) in [6, 6.07) is 19.1. The number of hydrogen-bond donors (Lipinski definition) is 1. The van der Waals surface area contributed by atoms with Crippen LogP contribution in [0.3, 0.4) is 0 Å². The van der Waals surface area contributed by atoms with Crippen molar-refractivity contribution in [2.75, 3.05) is 6.73 Å². The maximum atomic E-state index is 13.4. The van der Waals surface area contributed by atoms with Crippen molar-refractivity contribution in [2.45, 2.75) is 51.2 Å². The quantitative estimate of drug-likeness (QED) is 0.634. The lowest BCUT2D eigenvalue weighted by molar-refractivity contribution is 0.118. The molecule has 0 radical (unpaired) electrons. The molecule has 0 aliphatic heterocycles. The molecule has 1 aliphatic rings. The number of nitrogens with one attached hydrogen (secondary N) is 1. The van der Waals surface area contributed by atoms with Gasteiger partial charge in [-0.2, -0.15) is 0 Å². The summed E-state index contributed by atoms with van der Waals surface area (Å²) < 4.78 is 19.7. The van der Waals surface area contributed by atoms with E-state index in [-0.39, 0.29) is 11.5 Å². The fourth-order valence-electron chi connectivity index (χ4n) is 3.11. The Labute approximate surface area is 152 Å². The molecule has 3 atom stereocenters. The summed E-state index contributed by atoms with van der Waals surface area (Å²) in [5.41, 5.74) is 1.43. The molecule has 1 saturated carbocycles. The maximum Gasteiger partial charge on any atom is 0.241 e. The zero-order valence-electron chi connectivity index (χ0n) is 15.3. The molecule has 3 rings (SSSR count). The van der Waals surface area contributed by atoms with Crippen LogP contribution in [0.5, 0.6) is 0 Å². The van der Waals surface area contributed by atoms with E-state index in [0.717, 1.165) is 6.42 Å². The van der Waals surface area contributed by atoms with E-state index in [0.29, 0.717) is 13.2 Å². The standard InChI is InChI=1S/C21H28FNOSi/c1-21(2,3)16-8-7-11-18(14-16)25(17-9-5-4-6-10-17)24-15-23-20-13-12-19(20)22/h4-11,14,19-20,23,25H,12-13,15H2,1-3H3. The number of alkyl halides is 1. The van der Waals surface area contributed by atoms with Gasteiger partial charge in [-0.15, -0.1) is 0 Å². The molecule has 2 nitrogen and oxygen atoms in total. The molecule has 0 aromatic heterocycles. The Morgan fingerprint density at radius 1 is 1.04 bits per heavy atom. The highest BCUT2D eigenvalue weighted by atomic mass is 28.3. The SMILES string of the molecule is CC(C)(C)c1cccc([SiH](OCNC2CCC2F)c2ccccc2)c1. The van der Waals surface area contributed by atoms with Gasteiger partial charge in [-0.25, -0.2) is 4.39 Å². The highest BCUT2D eigenvalue weighted by Gasteiger charge is 2.30. The minimum Gasteiger partial charge on any atom is -0.398 e. The third-order valence-electron chi connectivity index (χ3n) is 4.94. The third-order valence-corrected chi connectivity index (χ3v) is 7.40. The Hall–Kier alpha value is -1.49. The summed E-state index contributed by atoms with van der Waals surface area (Å²) in [6.07, 6.45) is 0.858. The summed E-state index contributed by atoms with van der Waals surface area (Å²) >= 11 is 0. The van der Waals surface area contributed by atoms with Crippen molar-refractivity contribution in [1.82, 2.24) is 5.32 Å². The van der Waals surface area contributed by atoms with Crippen molar-refractivity contribution in [1.29, 1.82) is 0 Å². The lowest BCUT2D eigenvalue weighted by atomic mass is 9.87. The van der Waals surface area contributed by atoms with Gasteiger partial charge in [-0.1, -0.05) is 75.4 Å². The van der Waals surface area contributed by atoms with Crippen LogP contribution in [-0.4, -0.2) is 28.0 Å². The van der Waals surface area contributed by atoms with Gasteiger partial charge in [0.1, 0.15) is 6.17 Å². The van der Waals surface area contributed by atoms with Gasteiger partial charge in [-0.3, -0.25) is 5.32 Å². The van der Waals surface area contributed by atoms with Crippen molar-refractivity contribution in [2.24, 2.45) is 0 Å². The predicted octanol–water partition coefficient (Wildman–Crippen LogP) is 2.89. The first-order valence-electron chi connectivity index (χ1n) is 9.09. The zero-order chi connectivity index (χ0) is 17.9. The average molecular weight is 358 g/mol. The fraction of sp³-hybridized carbons (Fsp3) is 0.429. The first-order chi connectivity index (χ1) is 11.9. The molecule has 0 heterocycles. The van der Waals surface area contributed by atoms with Crippen molar-refractivity contribution in [3.63, 3.8) is 0 Å². The van der Waals surface area contributed by atoms with Crippen LogP contribution < -0.4 is 15.7 Å². The monoisotopic (exact) mass is 357 g/mol. The highest BCUT2D eigenvalue weighted by molar-refractivity contribution is 6.80. The second-order valence-electron chi connectivity index (χ2n) is 7.88. The molecule has 2 aromatic rings. The van der Waals surface area contributed by atoms with E-state index in [1.54, 1.807) is 0 Å². The Bertz CT molecular complexity index is 686. The van der Waals surface area contributed by atoms with Crippen LogP contribution >= 0.6 is 0 Å². The second-order valence-corrected chi connectivity index (χ2v) is 10.3. The summed E-state index contributed by atoms with van der Waals surface area (Å²) in [4.78, 5) is 0. The van der Waals surface area contributed by atoms with Gasteiger partial charge in [0, 0.05) is 6.04 Å². The Morgan fingerprint density at radius 2 is 1.76 bits per heavy atom. The minimum atomic E-state index is -1.80. The van der Waals surface area contributed by atoms with Gasteiger partial charge in [0.2, 0.25) is 9.04 Å². The van der Waals surface area contributed by atoms with Crippen LogP contribution in [0.1, 0.15) is 39.2 Å². The molecular weight excluding hydrogens is 329 g/mol. The largest absolute Gasteiger partial charge is 0.398 e. The minimum absolute atomic E-state index is 0.0358. The van der Waals surface area contributed by atoms with Crippen molar-refractivity contribution < 1.29 is 8.82 Å². The van der Waals surface area contributed by atoms with Crippen LogP contribution in [0.25, 0.3) is 0 Å². The van der Waals surface area contributed by atoms with E-state index in [4.69, 9.17) is 4.43 Å². The lowest BCUT2D eigenvalue weighted by Gasteiger charge is -2.32. The fourth-order valence-corrected chi connectivity index (χ4v) is 5.33. The van der Waals surface area contributed by atoms with E-state index in [9.17, 15) is 4.39 Å². The average Bonchev–Trinajstić information content (AvgIpc) is 2.60. The van der Waals surface area contributed by atoms with Crippen molar-refractivity contribution >= 4 is 19.4 Å². The topological polar surface area (TPSA) is 21.3 Å². The van der Waals surface area contributed by atoms with Crippen LogP contribution in [0.2, 0.25) is 0 Å². The van der Waals surface area contributed by atoms with Crippen molar-refractivity contribution in [3.05, 3.63) is 60.2 Å². The van der Waals surface area contributed by atoms with Crippen molar-refractivity contribution in [3.8, 4) is 0 Å². The molecule has 134 valence electrons. The normalized spacial score (nSPS) is 21.6. The summed E-state index contributed by atoms with van der Waals surface area (Å²) in [5, 5.41) is 5.74. The molecule has 4 heteroatoms. The van der Waals surface area contributed by atoms with Gasteiger partial charge in [-0.05, 0) is 34.2 Å². The molecule has 1 fully saturated rings. The Balaban J connectivity index is 1.79. The van der Waals surface area contributed by atoms with Gasteiger partial charge >= 0.3 is 0 Å². The number of benzene rings is 2. The summed E-state index contributed by atoms with van der Waals surface area (Å²) in [6.45, 7) is 7.10. The van der Waals surface area contributed by atoms with Crippen LogP contribution in [0.4, 0.5) is 4.39 Å². The number of halogens is 1. The van der Waals surface area contributed by atoms with E-state index >= 15 is 0 Å². The maximum absolute atomic E-state index is 13.4. The molecule has 2 aromatic carbocycles. The molecule has 0 bridgehead atoms. The third kappa shape index (κ3) is 4.57. The number of rotatable bonds is 6. The smallest absolute Gasteiger partial charge is 0.241 e. The molecule has 25 heavy (non-hydrogen) atoms. The van der Waals surface area contributed by atoms with Crippen LogP contribution in [0.15, 0.2) is 54.6 Å². The molecule has 1 aliphatic carbocycles. The predicted molar refractivity (Wildman–Crippen MR) is 105 cm³/mol. The van der Waals surface area contributed by atoms with E-state index in [1.165, 1.54) is 15.9 Å². The lowest BCUT2D eigenvalue weighted by Crippen LogP contribution is -2.51. The molecule has 0 spiro atoms. The molecule has 0 amide bonds. The van der Waals surface area contributed by atoms with Crippen LogP contribution in [0, 0.1) is 0 Å². The summed E-state index contributed by atoms with van der Waals surface area (Å²) in [7, 11) is -1.80. The first kappa shape index (κ1) is 18.3. The second kappa shape index (κ2) is 7.81. The molecule has 3 unspecified atom stereocenters.